The zero-order chi connectivity index (χ0) is 12.3. The molecule has 3 N–H and O–H groups in total. The molecule has 1 aliphatic rings. The molecule has 1 aromatic carbocycles. The Labute approximate surface area is 103 Å². The molecule has 0 bridgehead atoms. The molecule has 1 fully saturated rings. The molecule has 1 aromatic rings. The summed E-state index contributed by atoms with van der Waals surface area (Å²) >= 11 is 0. The molecule has 0 amide bonds. The molecule has 17 heavy (non-hydrogen) atoms. The molecule has 2 rings (SSSR count). The van der Waals surface area contributed by atoms with Gasteiger partial charge in [0.15, 0.2) is 0 Å². The monoisotopic (exact) mass is 235 g/mol. The fraction of sp³-hybridized carbons (Fsp3) is 0.571. The average Bonchev–Trinajstić information content (AvgIpc) is 2.88. The van der Waals surface area contributed by atoms with Crippen LogP contribution in [0.5, 0.6) is 5.75 Å². The van der Waals surface area contributed by atoms with Crippen LogP contribution in [0.1, 0.15) is 37.4 Å². The summed E-state index contributed by atoms with van der Waals surface area (Å²) in [4.78, 5) is 0. The lowest BCUT2D eigenvalue weighted by Crippen LogP contribution is -2.34. The highest BCUT2D eigenvalue weighted by Crippen LogP contribution is 2.48. The third-order valence-electron chi connectivity index (χ3n) is 4.02. The van der Waals surface area contributed by atoms with E-state index in [1.165, 1.54) is 0 Å². The van der Waals surface area contributed by atoms with Crippen LogP contribution in [-0.2, 0) is 0 Å². The van der Waals surface area contributed by atoms with Crippen molar-refractivity contribution in [3.8, 4) is 5.75 Å². The van der Waals surface area contributed by atoms with Gasteiger partial charge in [-0.3, -0.25) is 0 Å². The number of aliphatic hydroxyl groups excluding tert-OH is 1. The average molecular weight is 235 g/mol. The predicted molar refractivity (Wildman–Crippen MR) is 67.9 cm³/mol. The minimum atomic E-state index is -0.522. The van der Waals surface area contributed by atoms with Crippen LogP contribution in [0.15, 0.2) is 24.3 Å². The Hall–Kier alpha value is -1.06. The number of benzene rings is 1. The van der Waals surface area contributed by atoms with Crippen LogP contribution in [-0.4, -0.2) is 18.8 Å². The van der Waals surface area contributed by atoms with Crippen molar-refractivity contribution in [2.75, 3.05) is 13.7 Å². The molecular formula is C14H21NO2. The zero-order valence-corrected chi connectivity index (χ0v) is 10.4. The van der Waals surface area contributed by atoms with Crippen LogP contribution in [0.3, 0.4) is 0 Å². The number of nitrogens with two attached hydrogens (primary N) is 1. The lowest BCUT2D eigenvalue weighted by molar-refractivity contribution is 0.0315. The molecule has 1 atom stereocenters. The second-order valence-electron chi connectivity index (χ2n) is 4.92. The molecule has 1 aliphatic carbocycles. The molecule has 3 heteroatoms. The standard InChI is InChI=1S/C14H21NO2/c1-17-12-7-3-2-6-11(12)13(16)14(10-15)8-4-5-9-14/h2-3,6-7,13,16H,4-5,8-10,15H2,1H3. The van der Waals surface area contributed by atoms with Gasteiger partial charge in [-0.05, 0) is 18.9 Å². The SMILES string of the molecule is COc1ccccc1C(O)C1(CN)CCCC1. The maximum absolute atomic E-state index is 10.6. The van der Waals surface area contributed by atoms with Gasteiger partial charge in [0.1, 0.15) is 5.75 Å². The summed E-state index contributed by atoms with van der Waals surface area (Å²) in [5.74, 6) is 0.750. The molecule has 1 unspecified atom stereocenters. The van der Waals surface area contributed by atoms with Gasteiger partial charge in [-0.1, -0.05) is 31.0 Å². The van der Waals surface area contributed by atoms with E-state index in [0.29, 0.717) is 6.54 Å². The van der Waals surface area contributed by atoms with Crippen molar-refractivity contribution < 1.29 is 9.84 Å². The molecule has 0 aromatic heterocycles. The van der Waals surface area contributed by atoms with Crippen LogP contribution >= 0.6 is 0 Å². The first-order chi connectivity index (χ1) is 8.23. The zero-order valence-electron chi connectivity index (χ0n) is 10.4. The number of rotatable bonds is 4. The van der Waals surface area contributed by atoms with Crippen molar-refractivity contribution in [2.45, 2.75) is 31.8 Å². The van der Waals surface area contributed by atoms with Gasteiger partial charge in [0.2, 0.25) is 0 Å². The van der Waals surface area contributed by atoms with Crippen molar-refractivity contribution in [3.05, 3.63) is 29.8 Å². The Morgan fingerprint density at radius 1 is 1.35 bits per heavy atom. The highest BCUT2D eigenvalue weighted by Gasteiger charge is 2.41. The summed E-state index contributed by atoms with van der Waals surface area (Å²) in [6.45, 7) is 0.534. The van der Waals surface area contributed by atoms with Crippen LogP contribution in [0, 0.1) is 5.41 Å². The van der Waals surface area contributed by atoms with E-state index in [4.69, 9.17) is 10.5 Å². The quantitative estimate of drug-likeness (QED) is 0.841. The fourth-order valence-electron chi connectivity index (χ4n) is 2.89. The van der Waals surface area contributed by atoms with Crippen LogP contribution in [0.25, 0.3) is 0 Å². The van der Waals surface area contributed by atoms with E-state index in [9.17, 15) is 5.11 Å². The molecule has 94 valence electrons. The third-order valence-corrected chi connectivity index (χ3v) is 4.02. The minimum absolute atomic E-state index is 0.158. The van der Waals surface area contributed by atoms with Gasteiger partial charge in [-0.2, -0.15) is 0 Å². The summed E-state index contributed by atoms with van der Waals surface area (Å²) in [7, 11) is 1.63. The summed E-state index contributed by atoms with van der Waals surface area (Å²) < 4.78 is 5.31. The van der Waals surface area contributed by atoms with Crippen molar-refractivity contribution in [1.29, 1.82) is 0 Å². The number of methoxy groups -OCH3 is 1. The summed E-state index contributed by atoms with van der Waals surface area (Å²) in [5, 5.41) is 10.6. The lowest BCUT2D eigenvalue weighted by atomic mass is 9.77. The molecular weight excluding hydrogens is 214 g/mol. The molecule has 0 radical (unpaired) electrons. The number of aliphatic hydroxyl groups is 1. The first-order valence-corrected chi connectivity index (χ1v) is 6.24. The first kappa shape index (κ1) is 12.4. The summed E-state index contributed by atoms with van der Waals surface area (Å²) in [6.07, 6.45) is 3.80. The highest BCUT2D eigenvalue weighted by molar-refractivity contribution is 5.36. The normalized spacial score (nSPS) is 20.2. The van der Waals surface area contributed by atoms with Crippen LogP contribution in [0.4, 0.5) is 0 Å². The molecule has 3 nitrogen and oxygen atoms in total. The van der Waals surface area contributed by atoms with E-state index in [1.54, 1.807) is 7.11 Å². The van der Waals surface area contributed by atoms with E-state index >= 15 is 0 Å². The summed E-state index contributed by atoms with van der Waals surface area (Å²) in [6, 6.07) is 7.66. The lowest BCUT2D eigenvalue weighted by Gasteiger charge is -2.33. The molecule has 0 heterocycles. The van der Waals surface area contributed by atoms with E-state index in [0.717, 1.165) is 37.0 Å². The third kappa shape index (κ3) is 2.17. The van der Waals surface area contributed by atoms with Gasteiger partial charge in [-0.15, -0.1) is 0 Å². The van der Waals surface area contributed by atoms with E-state index in [-0.39, 0.29) is 5.41 Å². The van der Waals surface area contributed by atoms with Gasteiger partial charge in [0, 0.05) is 17.5 Å². The maximum atomic E-state index is 10.6. The fourth-order valence-corrected chi connectivity index (χ4v) is 2.89. The smallest absolute Gasteiger partial charge is 0.124 e. The van der Waals surface area contributed by atoms with Crippen molar-refractivity contribution in [2.24, 2.45) is 11.1 Å². The Kier molecular flexibility index (Phi) is 3.69. The first-order valence-electron chi connectivity index (χ1n) is 6.24. The van der Waals surface area contributed by atoms with Gasteiger partial charge < -0.3 is 15.6 Å². The second kappa shape index (κ2) is 5.07. The molecule has 0 saturated heterocycles. The van der Waals surface area contributed by atoms with Crippen LogP contribution < -0.4 is 10.5 Å². The number of hydrogen-bond acceptors (Lipinski definition) is 3. The van der Waals surface area contributed by atoms with Gasteiger partial charge >= 0.3 is 0 Å². The van der Waals surface area contributed by atoms with Crippen LogP contribution in [0.2, 0.25) is 0 Å². The number of para-hydroxylation sites is 1. The Morgan fingerprint density at radius 3 is 2.59 bits per heavy atom. The Bertz CT molecular complexity index is 372. The van der Waals surface area contributed by atoms with E-state index in [2.05, 4.69) is 0 Å². The predicted octanol–water partition coefficient (Wildman–Crippen LogP) is 2.25. The van der Waals surface area contributed by atoms with Crippen molar-refractivity contribution in [3.63, 3.8) is 0 Å². The molecule has 0 aliphatic heterocycles. The largest absolute Gasteiger partial charge is 0.496 e. The molecule has 0 spiro atoms. The van der Waals surface area contributed by atoms with Gasteiger partial charge in [0.25, 0.3) is 0 Å². The van der Waals surface area contributed by atoms with Crippen molar-refractivity contribution in [1.82, 2.24) is 0 Å². The molecule has 1 saturated carbocycles. The second-order valence-corrected chi connectivity index (χ2v) is 4.92. The topological polar surface area (TPSA) is 55.5 Å². The Balaban J connectivity index is 2.32. The van der Waals surface area contributed by atoms with E-state index < -0.39 is 6.10 Å². The van der Waals surface area contributed by atoms with Gasteiger partial charge in [-0.25, -0.2) is 0 Å². The summed E-state index contributed by atoms with van der Waals surface area (Å²) in [5.41, 5.74) is 6.60. The van der Waals surface area contributed by atoms with Crippen molar-refractivity contribution >= 4 is 0 Å². The van der Waals surface area contributed by atoms with Gasteiger partial charge in [0.05, 0.1) is 13.2 Å². The maximum Gasteiger partial charge on any atom is 0.124 e. The minimum Gasteiger partial charge on any atom is -0.496 e. The highest BCUT2D eigenvalue weighted by atomic mass is 16.5. The number of hydrogen-bond donors (Lipinski definition) is 2. The van der Waals surface area contributed by atoms with E-state index in [1.807, 2.05) is 24.3 Å². The number of ether oxygens (including phenoxy) is 1. The Morgan fingerprint density at radius 2 is 2.00 bits per heavy atom.